The van der Waals surface area contributed by atoms with Crippen molar-refractivity contribution < 1.29 is 18.3 Å². The number of carbonyl (C=O) groups excluding carboxylic acids is 1. The number of methoxy groups -OCH3 is 1. The van der Waals surface area contributed by atoms with Crippen molar-refractivity contribution in [1.82, 2.24) is 4.31 Å². The molecule has 0 aromatic carbocycles. The molecule has 0 aromatic rings. The van der Waals surface area contributed by atoms with Crippen molar-refractivity contribution >= 4 is 17.2 Å². The highest BCUT2D eigenvalue weighted by atomic mass is 32.2. The first-order valence-corrected chi connectivity index (χ1v) is 5.10. The van der Waals surface area contributed by atoms with E-state index in [1.54, 1.807) is 0 Å². The fourth-order valence-corrected chi connectivity index (χ4v) is 1.92. The molecule has 1 aliphatic heterocycles. The van der Waals surface area contributed by atoms with Gasteiger partial charge >= 0.3 is 5.97 Å². The van der Waals surface area contributed by atoms with Gasteiger partial charge in [-0.25, -0.2) is 4.31 Å². The van der Waals surface area contributed by atoms with Gasteiger partial charge in [-0.15, -0.1) is 0 Å². The molecule has 1 aliphatic rings. The predicted octanol–water partition coefficient (Wildman–Crippen LogP) is -0.335. The van der Waals surface area contributed by atoms with Crippen LogP contribution in [0.3, 0.4) is 0 Å². The summed E-state index contributed by atoms with van der Waals surface area (Å²) in [5.41, 5.74) is 0. The minimum Gasteiger partial charge on any atom is -0.760 e. The Labute approximate surface area is 79.5 Å². The van der Waals surface area contributed by atoms with Crippen LogP contribution < -0.4 is 0 Å². The third-order valence-corrected chi connectivity index (χ3v) is 2.99. The normalized spacial score (nSPS) is 22.6. The number of rotatable bonds is 2. The van der Waals surface area contributed by atoms with Crippen LogP contribution in [0.15, 0.2) is 0 Å². The quantitative estimate of drug-likeness (QED) is 0.458. The Bertz CT molecular complexity index is 213. The summed E-state index contributed by atoms with van der Waals surface area (Å²) in [6.07, 6.45) is 1.11. The zero-order chi connectivity index (χ0) is 9.84. The van der Waals surface area contributed by atoms with Crippen molar-refractivity contribution in [3.8, 4) is 0 Å². The summed E-state index contributed by atoms with van der Waals surface area (Å²) in [6, 6.07) is 0. The van der Waals surface area contributed by atoms with Crippen molar-refractivity contribution in [2.24, 2.45) is 5.92 Å². The van der Waals surface area contributed by atoms with E-state index in [1.165, 1.54) is 11.4 Å². The summed E-state index contributed by atoms with van der Waals surface area (Å²) >= 11 is -2.15. The molecule has 0 bridgehead atoms. The number of nitrogens with zero attached hydrogens (tertiary/aromatic N) is 1. The predicted molar refractivity (Wildman–Crippen MR) is 45.2 cm³/mol. The van der Waals surface area contributed by atoms with E-state index < -0.39 is 11.3 Å². The molecular weight excluding hydrogens is 194 g/mol. The molecule has 0 radical (unpaired) electrons. The van der Waals surface area contributed by atoms with E-state index in [-0.39, 0.29) is 11.9 Å². The van der Waals surface area contributed by atoms with Crippen LogP contribution in [0.4, 0.5) is 0 Å². The van der Waals surface area contributed by atoms with Gasteiger partial charge in [0, 0.05) is 24.4 Å². The fourth-order valence-electron chi connectivity index (χ4n) is 1.41. The number of carbonyl (C=O) groups is 1. The smallest absolute Gasteiger partial charge is 0.308 e. The first-order valence-electron chi connectivity index (χ1n) is 4.07. The molecule has 1 heterocycles. The van der Waals surface area contributed by atoms with E-state index >= 15 is 0 Å². The van der Waals surface area contributed by atoms with Gasteiger partial charge in [0.05, 0.1) is 13.0 Å². The molecule has 76 valence electrons. The summed E-state index contributed by atoms with van der Waals surface area (Å²) in [6.45, 7) is 0.825. The molecule has 1 fully saturated rings. The average molecular weight is 206 g/mol. The van der Waals surface area contributed by atoms with Gasteiger partial charge in [0.25, 0.3) is 0 Å². The molecule has 1 saturated heterocycles. The van der Waals surface area contributed by atoms with E-state index in [0.717, 1.165) is 0 Å². The Balaban J connectivity index is 2.39. The highest BCUT2D eigenvalue weighted by Gasteiger charge is 2.25. The molecule has 1 rings (SSSR count). The Morgan fingerprint density at radius 3 is 2.46 bits per heavy atom. The van der Waals surface area contributed by atoms with Crippen LogP contribution >= 0.6 is 0 Å². The zero-order valence-electron chi connectivity index (χ0n) is 7.39. The standard InChI is InChI=1S/C7H13NO4S/c1-12-7(9)6-2-4-8(5-3-6)13(10)11/h6H,2-5H2,1H3,(H,10,11)/p-1. The third kappa shape index (κ3) is 2.75. The minimum absolute atomic E-state index is 0.134. The molecular formula is C7H12NO4S-. The highest BCUT2D eigenvalue weighted by Crippen LogP contribution is 2.18. The maximum absolute atomic E-state index is 11.0. The van der Waals surface area contributed by atoms with E-state index in [9.17, 15) is 13.6 Å². The first kappa shape index (κ1) is 10.6. The lowest BCUT2D eigenvalue weighted by Gasteiger charge is -2.31. The molecule has 0 amide bonds. The van der Waals surface area contributed by atoms with Crippen molar-refractivity contribution in [3.63, 3.8) is 0 Å². The molecule has 0 N–H and O–H groups in total. The van der Waals surface area contributed by atoms with Gasteiger partial charge in [-0.05, 0) is 12.8 Å². The second kappa shape index (κ2) is 4.69. The number of hydrogen-bond acceptors (Lipinski definition) is 4. The molecule has 6 heteroatoms. The van der Waals surface area contributed by atoms with Crippen LogP contribution in [-0.2, 0) is 20.8 Å². The van der Waals surface area contributed by atoms with Gasteiger partial charge in [-0.1, -0.05) is 0 Å². The lowest BCUT2D eigenvalue weighted by Crippen LogP contribution is -2.37. The van der Waals surface area contributed by atoms with Crippen molar-refractivity contribution in [3.05, 3.63) is 0 Å². The molecule has 0 aliphatic carbocycles. The van der Waals surface area contributed by atoms with E-state index in [0.29, 0.717) is 25.9 Å². The largest absolute Gasteiger partial charge is 0.760 e. The van der Waals surface area contributed by atoms with Crippen LogP contribution in [0.25, 0.3) is 0 Å². The van der Waals surface area contributed by atoms with Crippen LogP contribution in [0.5, 0.6) is 0 Å². The molecule has 13 heavy (non-hydrogen) atoms. The summed E-state index contributed by atoms with van der Waals surface area (Å²) in [4.78, 5) is 11.0. The van der Waals surface area contributed by atoms with Crippen LogP contribution in [0.2, 0.25) is 0 Å². The van der Waals surface area contributed by atoms with Crippen LogP contribution in [-0.4, -0.2) is 39.2 Å². The molecule has 5 nitrogen and oxygen atoms in total. The SMILES string of the molecule is COC(=O)C1CCN(S(=O)[O-])CC1. The van der Waals surface area contributed by atoms with E-state index in [1.807, 2.05) is 0 Å². The van der Waals surface area contributed by atoms with Crippen LogP contribution in [0, 0.1) is 5.92 Å². The molecule has 1 unspecified atom stereocenters. The summed E-state index contributed by atoms with van der Waals surface area (Å²) in [5, 5.41) is 0. The number of piperidine rings is 1. The minimum atomic E-state index is -2.15. The molecule has 1 atom stereocenters. The van der Waals surface area contributed by atoms with Gasteiger partial charge in [0.15, 0.2) is 0 Å². The Hall–Kier alpha value is -0.460. The lowest BCUT2D eigenvalue weighted by molar-refractivity contribution is -0.146. The summed E-state index contributed by atoms with van der Waals surface area (Å²) in [5.74, 6) is -0.374. The van der Waals surface area contributed by atoms with Crippen LogP contribution in [0.1, 0.15) is 12.8 Å². The molecule has 0 saturated carbocycles. The highest BCUT2D eigenvalue weighted by molar-refractivity contribution is 7.76. The van der Waals surface area contributed by atoms with Gasteiger partial charge in [-0.2, -0.15) is 0 Å². The molecule has 0 spiro atoms. The second-order valence-electron chi connectivity index (χ2n) is 2.94. The summed E-state index contributed by atoms with van der Waals surface area (Å²) in [7, 11) is 1.35. The fraction of sp³-hybridized carbons (Fsp3) is 0.857. The van der Waals surface area contributed by atoms with Gasteiger partial charge in [0.2, 0.25) is 0 Å². The lowest BCUT2D eigenvalue weighted by atomic mass is 9.99. The second-order valence-corrected chi connectivity index (χ2v) is 3.89. The topological polar surface area (TPSA) is 69.7 Å². The number of hydrogen-bond donors (Lipinski definition) is 0. The molecule has 0 aromatic heterocycles. The maximum atomic E-state index is 11.0. The van der Waals surface area contributed by atoms with E-state index in [4.69, 9.17) is 0 Å². The zero-order valence-corrected chi connectivity index (χ0v) is 8.21. The van der Waals surface area contributed by atoms with Crippen molar-refractivity contribution in [1.29, 1.82) is 0 Å². The Morgan fingerprint density at radius 1 is 1.54 bits per heavy atom. The number of ether oxygens (including phenoxy) is 1. The van der Waals surface area contributed by atoms with Crippen molar-refractivity contribution in [2.45, 2.75) is 12.8 Å². The van der Waals surface area contributed by atoms with Gasteiger partial charge in [0.1, 0.15) is 0 Å². The Kier molecular flexibility index (Phi) is 3.83. The van der Waals surface area contributed by atoms with Gasteiger partial charge < -0.3 is 9.29 Å². The first-order chi connectivity index (χ1) is 6.15. The van der Waals surface area contributed by atoms with E-state index in [2.05, 4.69) is 4.74 Å². The number of esters is 1. The average Bonchev–Trinajstić information content (AvgIpc) is 2.17. The van der Waals surface area contributed by atoms with Gasteiger partial charge in [-0.3, -0.25) is 9.00 Å². The maximum Gasteiger partial charge on any atom is 0.308 e. The third-order valence-electron chi connectivity index (χ3n) is 2.20. The van der Waals surface area contributed by atoms with Crippen molar-refractivity contribution in [2.75, 3.05) is 20.2 Å². The monoisotopic (exact) mass is 206 g/mol. The summed E-state index contributed by atoms with van der Waals surface area (Å²) < 4.78 is 26.9. The Morgan fingerprint density at radius 2 is 2.08 bits per heavy atom.